The van der Waals surface area contributed by atoms with E-state index in [1.54, 1.807) is 19.3 Å². The number of aromatic nitrogens is 2. The summed E-state index contributed by atoms with van der Waals surface area (Å²) in [5.74, 6) is -0.0563. The Morgan fingerprint density at radius 2 is 2.21 bits per heavy atom. The van der Waals surface area contributed by atoms with E-state index in [1.165, 1.54) is 11.3 Å². The van der Waals surface area contributed by atoms with Crippen molar-refractivity contribution in [3.05, 3.63) is 52.5 Å². The summed E-state index contributed by atoms with van der Waals surface area (Å²) < 4.78 is 10.5. The van der Waals surface area contributed by atoms with Gasteiger partial charge in [-0.05, 0) is 23.6 Å². The highest BCUT2D eigenvalue weighted by Gasteiger charge is 2.14. The molecule has 2 heterocycles. The Labute approximate surface area is 142 Å². The Hall–Kier alpha value is -2.93. The lowest BCUT2D eigenvalue weighted by atomic mass is 10.1. The first-order valence-corrected chi connectivity index (χ1v) is 8.01. The molecule has 0 radical (unpaired) electrons. The van der Waals surface area contributed by atoms with Crippen LogP contribution in [0.3, 0.4) is 0 Å². The van der Waals surface area contributed by atoms with Crippen LogP contribution >= 0.6 is 11.3 Å². The van der Waals surface area contributed by atoms with Gasteiger partial charge in [-0.1, -0.05) is 23.4 Å². The lowest BCUT2D eigenvalue weighted by Gasteiger charge is -2.07. The first-order valence-electron chi connectivity index (χ1n) is 7.07. The molecule has 122 valence electrons. The van der Waals surface area contributed by atoms with E-state index in [0.717, 1.165) is 5.56 Å². The molecule has 0 N–H and O–H groups in total. The molecule has 1 aromatic carbocycles. The van der Waals surface area contributed by atoms with Gasteiger partial charge >= 0.3 is 0 Å². The van der Waals surface area contributed by atoms with Gasteiger partial charge in [0.1, 0.15) is 5.75 Å². The minimum Gasteiger partial charge on any atom is -0.550 e. The van der Waals surface area contributed by atoms with Gasteiger partial charge in [-0.25, -0.2) is 0 Å². The van der Waals surface area contributed by atoms with E-state index in [2.05, 4.69) is 10.1 Å². The molecule has 0 saturated heterocycles. The third-order valence-corrected chi connectivity index (χ3v) is 3.97. The number of para-hydroxylation sites is 1. The molecule has 0 spiro atoms. The number of hydrogen-bond acceptors (Lipinski definition) is 7. The van der Waals surface area contributed by atoms with Crippen LogP contribution in [0.5, 0.6) is 5.75 Å². The second kappa shape index (κ2) is 7.10. The van der Waals surface area contributed by atoms with Gasteiger partial charge in [0.15, 0.2) is 0 Å². The molecular formula is C17H13N2O4S-. The zero-order chi connectivity index (χ0) is 16.9. The molecule has 6 nitrogen and oxygen atoms in total. The van der Waals surface area contributed by atoms with Crippen molar-refractivity contribution in [3.8, 4) is 17.1 Å². The fourth-order valence-electron chi connectivity index (χ4n) is 2.18. The Balaban J connectivity index is 2.01. The molecule has 2 aromatic heterocycles. The van der Waals surface area contributed by atoms with Gasteiger partial charge in [-0.2, -0.15) is 16.3 Å². The molecule has 7 heteroatoms. The summed E-state index contributed by atoms with van der Waals surface area (Å²) in [6.07, 6.45) is 1.31. The molecule has 3 rings (SSSR count). The van der Waals surface area contributed by atoms with E-state index in [0.29, 0.717) is 22.7 Å². The third-order valence-electron chi connectivity index (χ3n) is 3.28. The van der Waals surface area contributed by atoms with E-state index in [9.17, 15) is 9.90 Å². The molecule has 0 atom stereocenters. The number of carboxylic acid groups (broad SMARTS) is 1. The zero-order valence-electron chi connectivity index (χ0n) is 12.8. The number of aliphatic carboxylic acids is 1. The highest BCUT2D eigenvalue weighted by Crippen LogP contribution is 2.27. The molecule has 0 aliphatic heterocycles. The largest absolute Gasteiger partial charge is 0.550 e. The van der Waals surface area contributed by atoms with Crippen LogP contribution in [0.15, 0.2) is 45.6 Å². The Bertz CT molecular complexity index is 868. The number of carboxylic acids is 1. The number of hydrogen-bond donors (Lipinski definition) is 0. The fraction of sp³-hybridized carbons (Fsp3) is 0.118. The van der Waals surface area contributed by atoms with E-state index in [4.69, 9.17) is 9.26 Å². The van der Waals surface area contributed by atoms with Crippen LogP contribution in [0.4, 0.5) is 0 Å². The third kappa shape index (κ3) is 3.52. The Morgan fingerprint density at radius 3 is 2.92 bits per heavy atom. The van der Waals surface area contributed by atoms with Crippen molar-refractivity contribution in [1.29, 1.82) is 0 Å². The zero-order valence-corrected chi connectivity index (χ0v) is 13.6. The summed E-state index contributed by atoms with van der Waals surface area (Å²) in [6, 6.07) is 9.12. The van der Waals surface area contributed by atoms with Crippen LogP contribution in [0.25, 0.3) is 23.0 Å². The lowest BCUT2D eigenvalue weighted by molar-refractivity contribution is -0.304. The van der Waals surface area contributed by atoms with Crippen molar-refractivity contribution in [2.75, 3.05) is 7.11 Å². The molecule has 0 aliphatic carbocycles. The van der Waals surface area contributed by atoms with Crippen molar-refractivity contribution in [1.82, 2.24) is 10.1 Å². The minimum atomic E-state index is -1.23. The van der Waals surface area contributed by atoms with Gasteiger partial charge in [-0.15, -0.1) is 0 Å². The average molecular weight is 341 g/mol. The molecule has 0 unspecified atom stereocenters. The van der Waals surface area contributed by atoms with Crippen molar-refractivity contribution < 1.29 is 19.2 Å². The molecule has 3 aromatic rings. The number of nitrogens with zero attached hydrogens (tertiary/aromatic N) is 2. The van der Waals surface area contributed by atoms with Gasteiger partial charge in [0, 0.05) is 34.5 Å². The smallest absolute Gasteiger partial charge is 0.254 e. The molecule has 0 fully saturated rings. The molecule has 0 aliphatic rings. The monoisotopic (exact) mass is 341 g/mol. The van der Waals surface area contributed by atoms with Gasteiger partial charge in [0.05, 0.1) is 7.11 Å². The first-order chi connectivity index (χ1) is 11.7. The van der Waals surface area contributed by atoms with Crippen molar-refractivity contribution in [3.63, 3.8) is 0 Å². The molecular weight excluding hydrogens is 328 g/mol. The predicted molar refractivity (Wildman–Crippen MR) is 88.1 cm³/mol. The molecule has 0 saturated carbocycles. The van der Waals surface area contributed by atoms with Crippen molar-refractivity contribution in [2.24, 2.45) is 0 Å². The lowest BCUT2D eigenvalue weighted by Crippen LogP contribution is -2.22. The highest BCUT2D eigenvalue weighted by molar-refractivity contribution is 7.08. The van der Waals surface area contributed by atoms with E-state index < -0.39 is 5.97 Å². The normalized spacial score (nSPS) is 11.5. The number of thiophene rings is 1. The number of rotatable bonds is 6. The quantitative estimate of drug-likeness (QED) is 0.684. The summed E-state index contributed by atoms with van der Waals surface area (Å²) in [5.41, 5.74) is 1.89. The first kappa shape index (κ1) is 15.9. The topological polar surface area (TPSA) is 88.3 Å². The van der Waals surface area contributed by atoms with Gasteiger partial charge < -0.3 is 19.2 Å². The van der Waals surface area contributed by atoms with Crippen LogP contribution in [0, 0.1) is 0 Å². The van der Waals surface area contributed by atoms with E-state index in [1.807, 2.05) is 35.0 Å². The van der Waals surface area contributed by atoms with Gasteiger partial charge in [-0.3, -0.25) is 0 Å². The maximum atomic E-state index is 11.1. The Kier molecular flexibility index (Phi) is 4.72. The standard InChI is InChI=1S/C17H14N2O4S/c1-22-14-5-3-2-4-11(14)8-13(9-15(20)21)17-18-16(19-23-17)12-6-7-24-10-12/h2-8,10H,9H2,1H3,(H,20,21)/p-1/b13-8+. The number of methoxy groups -OCH3 is 1. The fourth-order valence-corrected chi connectivity index (χ4v) is 2.81. The van der Waals surface area contributed by atoms with Crippen molar-refractivity contribution >= 4 is 29.0 Å². The minimum absolute atomic E-state index is 0.145. The van der Waals surface area contributed by atoms with Crippen LogP contribution in [-0.4, -0.2) is 23.2 Å². The van der Waals surface area contributed by atoms with Crippen LogP contribution < -0.4 is 9.84 Å². The predicted octanol–water partition coefficient (Wildman–Crippen LogP) is 2.49. The molecule has 0 bridgehead atoms. The number of ether oxygens (including phenoxy) is 1. The summed E-state index contributed by atoms with van der Waals surface area (Å²) in [4.78, 5) is 15.4. The SMILES string of the molecule is COc1ccccc1/C=C(\CC(=O)[O-])c1nc(-c2ccsc2)no1. The van der Waals surface area contributed by atoms with Crippen LogP contribution in [-0.2, 0) is 4.79 Å². The van der Waals surface area contributed by atoms with Gasteiger partial charge in [0.25, 0.3) is 5.89 Å². The van der Waals surface area contributed by atoms with E-state index >= 15 is 0 Å². The summed E-state index contributed by atoms with van der Waals surface area (Å²) in [7, 11) is 1.55. The Morgan fingerprint density at radius 1 is 1.38 bits per heavy atom. The summed E-state index contributed by atoms with van der Waals surface area (Å²) in [6.45, 7) is 0. The molecule has 24 heavy (non-hydrogen) atoms. The van der Waals surface area contributed by atoms with Crippen LogP contribution in [0.1, 0.15) is 17.9 Å². The van der Waals surface area contributed by atoms with Crippen LogP contribution in [0.2, 0.25) is 0 Å². The highest BCUT2D eigenvalue weighted by atomic mass is 32.1. The number of benzene rings is 1. The van der Waals surface area contributed by atoms with Gasteiger partial charge in [0.2, 0.25) is 5.82 Å². The summed E-state index contributed by atoms with van der Waals surface area (Å²) >= 11 is 1.51. The van der Waals surface area contributed by atoms with E-state index in [-0.39, 0.29) is 12.3 Å². The number of carbonyl (C=O) groups excluding carboxylic acids is 1. The van der Waals surface area contributed by atoms with Crippen molar-refractivity contribution in [2.45, 2.75) is 6.42 Å². The number of carbonyl (C=O) groups is 1. The second-order valence-corrected chi connectivity index (χ2v) is 5.68. The molecule has 0 amide bonds. The summed E-state index contributed by atoms with van der Waals surface area (Å²) in [5, 5.41) is 18.8. The average Bonchev–Trinajstić information content (AvgIpc) is 3.25. The maximum Gasteiger partial charge on any atom is 0.254 e. The second-order valence-electron chi connectivity index (χ2n) is 4.90. The maximum absolute atomic E-state index is 11.1.